The highest BCUT2D eigenvalue weighted by Gasteiger charge is 2.44. The first kappa shape index (κ1) is 9.65. The molecule has 0 heteroatoms. The Hall–Kier alpha value is -0.440. The van der Waals surface area contributed by atoms with Crippen molar-refractivity contribution in [1.82, 2.24) is 0 Å². The lowest BCUT2D eigenvalue weighted by atomic mass is 9.89. The molecule has 0 N–H and O–H groups in total. The van der Waals surface area contributed by atoms with Gasteiger partial charge in [-0.2, -0.15) is 0 Å². The van der Waals surface area contributed by atoms with E-state index in [9.17, 15) is 0 Å². The first-order valence-electron chi connectivity index (χ1n) is 5.05. The Morgan fingerprint density at radius 3 is 2.08 bits per heavy atom. The molecule has 0 nitrogen and oxygen atoms in total. The third-order valence-electron chi connectivity index (χ3n) is 2.95. The number of rotatable bonds is 2. The minimum absolute atomic E-state index is 0.535. The van der Waals surface area contributed by atoms with Crippen LogP contribution in [0.4, 0.5) is 0 Å². The van der Waals surface area contributed by atoms with Crippen LogP contribution in [0.5, 0.6) is 0 Å². The van der Waals surface area contributed by atoms with Crippen molar-refractivity contribution in [1.29, 1.82) is 0 Å². The predicted molar refractivity (Wildman–Crippen MR) is 53.7 cm³/mol. The van der Waals surface area contributed by atoms with E-state index in [1.54, 1.807) is 0 Å². The maximum atomic E-state index is 3.32. The van der Waals surface area contributed by atoms with Crippen molar-refractivity contribution in [3.63, 3.8) is 0 Å². The molecule has 0 amide bonds. The zero-order valence-electron chi connectivity index (χ0n) is 8.78. The van der Waals surface area contributed by atoms with Crippen molar-refractivity contribution in [3.8, 4) is 11.8 Å². The van der Waals surface area contributed by atoms with Gasteiger partial charge in [0.15, 0.2) is 0 Å². The molecule has 0 saturated heterocycles. The zero-order valence-corrected chi connectivity index (χ0v) is 8.78. The summed E-state index contributed by atoms with van der Waals surface area (Å²) >= 11 is 0. The Morgan fingerprint density at radius 2 is 1.75 bits per heavy atom. The highest BCUT2D eigenvalue weighted by molar-refractivity contribution is 5.09. The Bertz CT molecular complexity index is 196. The van der Waals surface area contributed by atoms with Gasteiger partial charge < -0.3 is 0 Å². The van der Waals surface area contributed by atoms with E-state index >= 15 is 0 Å². The van der Waals surface area contributed by atoms with Crippen LogP contribution < -0.4 is 0 Å². The molecular formula is C12H20. The van der Waals surface area contributed by atoms with Crippen LogP contribution in [0.1, 0.15) is 47.0 Å². The van der Waals surface area contributed by atoms with E-state index in [0.717, 1.165) is 12.3 Å². The van der Waals surface area contributed by atoms with E-state index in [-0.39, 0.29) is 0 Å². The summed E-state index contributed by atoms with van der Waals surface area (Å²) in [6.45, 7) is 8.96. The average molecular weight is 164 g/mol. The average Bonchev–Trinajstić information content (AvgIpc) is 2.68. The third kappa shape index (κ3) is 2.27. The Kier molecular flexibility index (Phi) is 2.83. The Morgan fingerprint density at radius 1 is 1.17 bits per heavy atom. The van der Waals surface area contributed by atoms with Gasteiger partial charge in [-0.3, -0.25) is 0 Å². The molecule has 0 unspecified atom stereocenters. The van der Waals surface area contributed by atoms with E-state index in [0.29, 0.717) is 11.3 Å². The van der Waals surface area contributed by atoms with Crippen LogP contribution in [0.2, 0.25) is 0 Å². The van der Waals surface area contributed by atoms with E-state index < -0.39 is 0 Å². The SMILES string of the molecule is CC(C)C#CCC1(C(C)C)CC1. The smallest absolute Gasteiger partial charge is 0.0148 e. The molecule has 0 aliphatic heterocycles. The molecule has 0 radical (unpaired) electrons. The van der Waals surface area contributed by atoms with Crippen molar-refractivity contribution >= 4 is 0 Å². The van der Waals surface area contributed by atoms with Crippen molar-refractivity contribution in [2.75, 3.05) is 0 Å². The molecule has 1 rings (SSSR count). The summed E-state index contributed by atoms with van der Waals surface area (Å²) in [6, 6.07) is 0. The molecule has 1 saturated carbocycles. The fourth-order valence-corrected chi connectivity index (χ4v) is 1.55. The lowest BCUT2D eigenvalue weighted by molar-refractivity contribution is 0.368. The van der Waals surface area contributed by atoms with Crippen molar-refractivity contribution in [2.45, 2.75) is 47.0 Å². The maximum absolute atomic E-state index is 3.32. The zero-order chi connectivity index (χ0) is 9.19. The molecular weight excluding hydrogens is 144 g/mol. The van der Waals surface area contributed by atoms with Crippen molar-refractivity contribution < 1.29 is 0 Å². The summed E-state index contributed by atoms with van der Waals surface area (Å²) in [6.07, 6.45) is 3.93. The van der Waals surface area contributed by atoms with Crippen LogP contribution in [-0.4, -0.2) is 0 Å². The van der Waals surface area contributed by atoms with Crippen LogP contribution in [0.15, 0.2) is 0 Å². The summed E-state index contributed by atoms with van der Waals surface area (Å²) in [5.41, 5.74) is 0.613. The fraction of sp³-hybridized carbons (Fsp3) is 0.833. The number of hydrogen-bond acceptors (Lipinski definition) is 0. The van der Waals surface area contributed by atoms with E-state index in [1.807, 2.05) is 0 Å². The highest BCUT2D eigenvalue weighted by atomic mass is 14.5. The van der Waals surface area contributed by atoms with Crippen LogP contribution >= 0.6 is 0 Å². The summed E-state index contributed by atoms with van der Waals surface area (Å²) < 4.78 is 0. The molecule has 68 valence electrons. The van der Waals surface area contributed by atoms with Gasteiger partial charge in [0, 0.05) is 12.3 Å². The van der Waals surface area contributed by atoms with Crippen LogP contribution in [0, 0.1) is 29.1 Å². The fourth-order valence-electron chi connectivity index (χ4n) is 1.55. The topological polar surface area (TPSA) is 0 Å². The second-order valence-electron chi connectivity index (χ2n) is 4.67. The van der Waals surface area contributed by atoms with Gasteiger partial charge in [0.25, 0.3) is 0 Å². The van der Waals surface area contributed by atoms with E-state index in [1.165, 1.54) is 12.8 Å². The predicted octanol–water partition coefficient (Wildman–Crippen LogP) is 3.47. The molecule has 0 atom stereocenters. The minimum Gasteiger partial charge on any atom is -0.102 e. The van der Waals surface area contributed by atoms with Gasteiger partial charge in [-0.15, -0.1) is 11.8 Å². The molecule has 0 aromatic carbocycles. The molecule has 0 aromatic rings. The van der Waals surface area contributed by atoms with Crippen LogP contribution in [0.3, 0.4) is 0 Å². The minimum atomic E-state index is 0.535. The van der Waals surface area contributed by atoms with E-state index in [2.05, 4.69) is 39.5 Å². The highest BCUT2D eigenvalue weighted by Crippen LogP contribution is 2.54. The van der Waals surface area contributed by atoms with Gasteiger partial charge in [-0.1, -0.05) is 27.7 Å². The standard InChI is InChI=1S/C12H20/c1-10(2)6-5-7-12(8-9-12)11(3)4/h10-11H,7-9H2,1-4H3. The molecule has 0 spiro atoms. The van der Waals surface area contributed by atoms with Gasteiger partial charge in [0.05, 0.1) is 0 Å². The summed E-state index contributed by atoms with van der Waals surface area (Å²) in [5, 5.41) is 0. The molecule has 0 aromatic heterocycles. The summed E-state index contributed by atoms with van der Waals surface area (Å²) in [4.78, 5) is 0. The lowest BCUT2D eigenvalue weighted by Gasteiger charge is -2.15. The molecule has 1 fully saturated rings. The molecule has 12 heavy (non-hydrogen) atoms. The first-order chi connectivity index (χ1) is 5.57. The monoisotopic (exact) mass is 164 g/mol. The molecule has 0 bridgehead atoms. The van der Waals surface area contributed by atoms with Gasteiger partial charge in [-0.05, 0) is 24.2 Å². The summed E-state index contributed by atoms with van der Waals surface area (Å²) in [7, 11) is 0. The Balaban J connectivity index is 2.38. The van der Waals surface area contributed by atoms with Gasteiger partial charge in [0.2, 0.25) is 0 Å². The maximum Gasteiger partial charge on any atom is 0.0148 e. The van der Waals surface area contributed by atoms with Crippen molar-refractivity contribution in [3.05, 3.63) is 0 Å². The molecule has 1 aliphatic carbocycles. The lowest BCUT2D eigenvalue weighted by Crippen LogP contribution is -2.07. The Labute approximate surface area is 76.7 Å². The quantitative estimate of drug-likeness (QED) is 0.548. The van der Waals surface area contributed by atoms with Crippen molar-refractivity contribution in [2.24, 2.45) is 17.3 Å². The second-order valence-corrected chi connectivity index (χ2v) is 4.67. The van der Waals surface area contributed by atoms with E-state index in [4.69, 9.17) is 0 Å². The second kappa shape index (κ2) is 3.52. The molecule has 0 heterocycles. The van der Waals surface area contributed by atoms with Gasteiger partial charge >= 0.3 is 0 Å². The van der Waals surface area contributed by atoms with Gasteiger partial charge in [0.1, 0.15) is 0 Å². The summed E-state index contributed by atoms with van der Waals surface area (Å²) in [5.74, 6) is 7.92. The largest absolute Gasteiger partial charge is 0.102 e. The van der Waals surface area contributed by atoms with Crippen LogP contribution in [0.25, 0.3) is 0 Å². The van der Waals surface area contributed by atoms with Crippen LogP contribution in [-0.2, 0) is 0 Å². The third-order valence-corrected chi connectivity index (χ3v) is 2.95. The van der Waals surface area contributed by atoms with Gasteiger partial charge in [-0.25, -0.2) is 0 Å². The first-order valence-corrected chi connectivity index (χ1v) is 5.05. The normalized spacial score (nSPS) is 19.2. The number of hydrogen-bond donors (Lipinski definition) is 0. The molecule has 1 aliphatic rings.